The van der Waals surface area contributed by atoms with Crippen molar-refractivity contribution in [2.45, 2.75) is 50.8 Å². The zero-order chi connectivity index (χ0) is 27.4. The second kappa shape index (κ2) is 14.5. The van der Waals surface area contributed by atoms with Gasteiger partial charge < -0.3 is 23.7 Å². The fraction of sp³-hybridized carbons (Fsp3) is 0.265. The van der Waals surface area contributed by atoms with Crippen molar-refractivity contribution in [1.82, 2.24) is 0 Å². The summed E-state index contributed by atoms with van der Waals surface area (Å²) in [5.41, 5.74) is 3.98. The van der Waals surface area contributed by atoms with Crippen LogP contribution in [-0.4, -0.2) is 37.0 Å². The van der Waals surface area contributed by atoms with Crippen LogP contribution in [0, 0.1) is 0 Å². The molecule has 4 aromatic carbocycles. The van der Waals surface area contributed by atoms with Crippen LogP contribution in [0.4, 0.5) is 0 Å². The third kappa shape index (κ3) is 7.87. The highest BCUT2D eigenvalue weighted by Gasteiger charge is 2.48. The molecule has 1 saturated heterocycles. The van der Waals surface area contributed by atoms with Gasteiger partial charge in [-0.05, 0) is 22.3 Å². The molecule has 0 saturated carbocycles. The molecule has 4 atom stereocenters. The molecular formula is C34H34O6. The van der Waals surface area contributed by atoms with Crippen molar-refractivity contribution in [2.24, 2.45) is 0 Å². The summed E-state index contributed by atoms with van der Waals surface area (Å²) in [7, 11) is 0. The van der Waals surface area contributed by atoms with Crippen molar-refractivity contribution in [1.29, 1.82) is 0 Å². The largest absolute Gasteiger partial charge is 0.455 e. The highest BCUT2D eigenvalue weighted by molar-refractivity contribution is 5.77. The van der Waals surface area contributed by atoms with Crippen LogP contribution in [0.3, 0.4) is 0 Å². The number of carbonyl (C=O) groups is 1. The normalized spacial score (nSPS) is 20.6. The number of cyclic esters (lactones) is 1. The van der Waals surface area contributed by atoms with E-state index in [0.29, 0.717) is 19.8 Å². The molecule has 0 radical (unpaired) electrons. The van der Waals surface area contributed by atoms with Gasteiger partial charge in [0, 0.05) is 0 Å². The molecular weight excluding hydrogens is 504 g/mol. The number of benzene rings is 4. The van der Waals surface area contributed by atoms with Crippen LogP contribution in [0.2, 0.25) is 0 Å². The molecule has 5 rings (SSSR count). The summed E-state index contributed by atoms with van der Waals surface area (Å²) in [6.45, 7) is 1.43. The van der Waals surface area contributed by atoms with Gasteiger partial charge >= 0.3 is 5.97 Å². The number of carbonyl (C=O) groups excluding carboxylic acids is 1. The summed E-state index contributed by atoms with van der Waals surface area (Å²) < 4.78 is 31.0. The molecule has 0 amide bonds. The lowest BCUT2D eigenvalue weighted by Crippen LogP contribution is -2.59. The highest BCUT2D eigenvalue weighted by Crippen LogP contribution is 2.28. The van der Waals surface area contributed by atoms with Gasteiger partial charge in [0.05, 0.1) is 33.0 Å². The van der Waals surface area contributed by atoms with E-state index in [2.05, 4.69) is 0 Å². The minimum atomic E-state index is -0.963. The molecule has 0 aromatic heterocycles. The van der Waals surface area contributed by atoms with E-state index in [1.165, 1.54) is 0 Å². The van der Waals surface area contributed by atoms with E-state index >= 15 is 0 Å². The number of hydrogen-bond donors (Lipinski definition) is 0. The molecule has 6 heteroatoms. The van der Waals surface area contributed by atoms with Gasteiger partial charge in [0.2, 0.25) is 0 Å². The number of rotatable bonds is 13. The van der Waals surface area contributed by atoms with Crippen molar-refractivity contribution in [2.75, 3.05) is 6.61 Å². The monoisotopic (exact) mass is 538 g/mol. The average Bonchev–Trinajstić information content (AvgIpc) is 3.01. The lowest BCUT2D eigenvalue weighted by Gasteiger charge is -2.41. The molecule has 2 unspecified atom stereocenters. The van der Waals surface area contributed by atoms with E-state index in [9.17, 15) is 4.79 Å². The Hall–Kier alpha value is -3.81. The second-order valence-corrected chi connectivity index (χ2v) is 9.72. The number of hydrogen-bond acceptors (Lipinski definition) is 6. The van der Waals surface area contributed by atoms with Crippen LogP contribution in [0.15, 0.2) is 121 Å². The van der Waals surface area contributed by atoms with Gasteiger partial charge in [-0.25, -0.2) is 4.79 Å². The molecule has 0 aliphatic carbocycles. The average molecular weight is 539 g/mol. The first kappa shape index (κ1) is 27.7. The Labute approximate surface area is 235 Å². The van der Waals surface area contributed by atoms with Crippen LogP contribution in [-0.2, 0) is 54.9 Å². The Morgan fingerprint density at radius 3 is 1.38 bits per heavy atom. The predicted octanol–water partition coefficient (Wildman–Crippen LogP) is 5.88. The van der Waals surface area contributed by atoms with E-state index in [0.717, 1.165) is 22.3 Å². The Morgan fingerprint density at radius 1 is 0.500 bits per heavy atom. The predicted molar refractivity (Wildman–Crippen MR) is 151 cm³/mol. The number of ether oxygens (including phenoxy) is 5. The van der Waals surface area contributed by atoms with Crippen LogP contribution in [0.1, 0.15) is 22.3 Å². The van der Waals surface area contributed by atoms with Crippen LogP contribution < -0.4 is 0 Å². The first-order valence-electron chi connectivity index (χ1n) is 13.5. The maximum atomic E-state index is 13.4. The lowest BCUT2D eigenvalue weighted by atomic mass is 9.98. The molecule has 0 N–H and O–H groups in total. The summed E-state index contributed by atoms with van der Waals surface area (Å²) in [6, 6.07) is 39.4. The van der Waals surface area contributed by atoms with Gasteiger partial charge in [-0.3, -0.25) is 0 Å². The Kier molecular flexibility index (Phi) is 10.1. The maximum Gasteiger partial charge on any atom is 0.338 e. The fourth-order valence-corrected chi connectivity index (χ4v) is 4.64. The molecule has 1 aliphatic rings. The molecule has 0 spiro atoms. The Balaban J connectivity index is 1.36. The van der Waals surface area contributed by atoms with Gasteiger partial charge in [0.1, 0.15) is 12.2 Å². The summed E-state index contributed by atoms with van der Waals surface area (Å²) in [6.07, 6.45) is -2.95. The highest BCUT2D eigenvalue weighted by atomic mass is 16.6. The van der Waals surface area contributed by atoms with Crippen molar-refractivity contribution < 1.29 is 28.5 Å². The zero-order valence-corrected chi connectivity index (χ0v) is 22.3. The zero-order valence-electron chi connectivity index (χ0n) is 22.3. The molecule has 1 fully saturated rings. The van der Waals surface area contributed by atoms with E-state index in [1.54, 1.807) is 0 Å². The van der Waals surface area contributed by atoms with Crippen LogP contribution in [0.5, 0.6) is 0 Å². The van der Waals surface area contributed by atoms with Gasteiger partial charge in [-0.1, -0.05) is 121 Å². The standard InChI is InChI=1S/C34H34O6/c35-34-33(39-24-29-19-11-4-12-20-29)32(38-23-28-17-9-3-10-18-28)31(37-22-27-15-7-2-8-16-27)30(40-34)25-36-21-26-13-5-1-6-14-26/h1-20,30-33H,21-25H2/t30?,31-,32+,33?/m1/s1. The Morgan fingerprint density at radius 2 is 0.900 bits per heavy atom. The maximum absolute atomic E-state index is 13.4. The van der Waals surface area contributed by atoms with Gasteiger partial charge in [0.15, 0.2) is 12.2 Å². The van der Waals surface area contributed by atoms with Crippen LogP contribution >= 0.6 is 0 Å². The Bertz CT molecular complexity index is 1280. The van der Waals surface area contributed by atoms with Crippen LogP contribution in [0.25, 0.3) is 0 Å². The topological polar surface area (TPSA) is 63.2 Å². The van der Waals surface area contributed by atoms with Gasteiger partial charge in [-0.15, -0.1) is 0 Å². The van der Waals surface area contributed by atoms with E-state index in [-0.39, 0.29) is 13.2 Å². The minimum Gasteiger partial charge on any atom is -0.455 e. The summed E-state index contributed by atoms with van der Waals surface area (Å²) in [5.74, 6) is -0.484. The fourth-order valence-electron chi connectivity index (χ4n) is 4.64. The van der Waals surface area contributed by atoms with E-state index in [4.69, 9.17) is 23.7 Å². The summed E-state index contributed by atoms with van der Waals surface area (Å²) in [4.78, 5) is 13.4. The van der Waals surface area contributed by atoms with Crippen molar-refractivity contribution in [3.05, 3.63) is 144 Å². The van der Waals surface area contributed by atoms with E-state index in [1.807, 2.05) is 121 Å². The minimum absolute atomic E-state index is 0.163. The van der Waals surface area contributed by atoms with E-state index < -0.39 is 30.4 Å². The van der Waals surface area contributed by atoms with Crippen molar-refractivity contribution in [3.8, 4) is 0 Å². The smallest absolute Gasteiger partial charge is 0.338 e. The SMILES string of the molecule is O=C1OC(COCc2ccccc2)[C@@H](OCc2ccccc2)[C@H](OCc2ccccc2)C1OCc1ccccc1. The molecule has 0 bridgehead atoms. The first-order valence-corrected chi connectivity index (χ1v) is 13.5. The summed E-state index contributed by atoms with van der Waals surface area (Å²) in [5, 5.41) is 0. The number of esters is 1. The second-order valence-electron chi connectivity index (χ2n) is 9.72. The third-order valence-electron chi connectivity index (χ3n) is 6.73. The quantitative estimate of drug-likeness (QED) is 0.198. The molecule has 4 aromatic rings. The van der Waals surface area contributed by atoms with Gasteiger partial charge in [-0.2, -0.15) is 0 Å². The van der Waals surface area contributed by atoms with Crippen molar-refractivity contribution >= 4 is 5.97 Å². The molecule has 40 heavy (non-hydrogen) atoms. The van der Waals surface area contributed by atoms with Gasteiger partial charge in [0.25, 0.3) is 0 Å². The molecule has 1 heterocycles. The first-order chi connectivity index (χ1) is 19.8. The summed E-state index contributed by atoms with van der Waals surface area (Å²) >= 11 is 0. The molecule has 6 nitrogen and oxygen atoms in total. The lowest BCUT2D eigenvalue weighted by molar-refractivity contribution is -0.239. The van der Waals surface area contributed by atoms with Crippen molar-refractivity contribution in [3.63, 3.8) is 0 Å². The third-order valence-corrected chi connectivity index (χ3v) is 6.73. The molecule has 1 aliphatic heterocycles. The molecule has 206 valence electrons.